The van der Waals surface area contributed by atoms with E-state index in [1.165, 1.54) is 12.1 Å². The van der Waals surface area contributed by atoms with E-state index in [0.29, 0.717) is 18.4 Å². The second-order valence-corrected chi connectivity index (χ2v) is 5.35. The van der Waals surface area contributed by atoms with Crippen LogP contribution in [0.3, 0.4) is 0 Å². The Labute approximate surface area is 130 Å². The van der Waals surface area contributed by atoms with Gasteiger partial charge < -0.3 is 10.6 Å². The van der Waals surface area contributed by atoms with Gasteiger partial charge in [-0.3, -0.25) is 9.59 Å². The maximum absolute atomic E-state index is 12.7. The molecule has 1 aliphatic heterocycles. The molecule has 1 fully saturated rings. The molecule has 0 aliphatic carbocycles. The molecule has 4 nitrogen and oxygen atoms in total. The first-order valence-corrected chi connectivity index (χ1v) is 7.08. The van der Waals surface area contributed by atoms with E-state index >= 15 is 0 Å². The minimum Gasteiger partial charge on any atom is -0.354 e. The van der Waals surface area contributed by atoms with Gasteiger partial charge in [-0.25, -0.2) is 0 Å². The Morgan fingerprint density at radius 1 is 1.41 bits per heavy atom. The summed E-state index contributed by atoms with van der Waals surface area (Å²) in [6.07, 6.45) is -3.61. The molecule has 0 aromatic heterocycles. The van der Waals surface area contributed by atoms with Crippen LogP contribution >= 0.6 is 11.6 Å². The largest absolute Gasteiger partial charge is 0.417 e. The normalized spacial score (nSPS) is 18.2. The lowest BCUT2D eigenvalue weighted by atomic mass is 10.1. The lowest BCUT2D eigenvalue weighted by molar-refractivity contribution is -0.137. The minimum absolute atomic E-state index is 0.145. The summed E-state index contributed by atoms with van der Waals surface area (Å²) in [6, 6.07) is 3.12. The van der Waals surface area contributed by atoms with Gasteiger partial charge in [-0.2, -0.15) is 13.2 Å². The molecule has 1 atom stereocenters. The summed E-state index contributed by atoms with van der Waals surface area (Å²) >= 11 is 5.77. The molecule has 0 spiro atoms. The number of hydrogen-bond acceptors (Lipinski definition) is 2. The highest BCUT2D eigenvalue weighted by molar-refractivity contribution is 6.32. The highest BCUT2D eigenvalue weighted by Crippen LogP contribution is 2.36. The van der Waals surface area contributed by atoms with Crippen molar-refractivity contribution in [1.29, 1.82) is 0 Å². The molecular formula is C14H14ClF3N2O2. The fourth-order valence-corrected chi connectivity index (χ4v) is 2.57. The van der Waals surface area contributed by atoms with E-state index in [0.717, 1.165) is 6.07 Å². The second-order valence-electron chi connectivity index (χ2n) is 4.98. The van der Waals surface area contributed by atoms with Gasteiger partial charge in [0, 0.05) is 13.0 Å². The summed E-state index contributed by atoms with van der Waals surface area (Å²) in [6.45, 7) is 0.145. The average Bonchev–Trinajstić information content (AvgIpc) is 2.86. The zero-order chi connectivity index (χ0) is 16.3. The molecule has 2 N–H and O–H groups in total. The van der Waals surface area contributed by atoms with Gasteiger partial charge in [0.25, 0.3) is 0 Å². The lowest BCUT2D eigenvalue weighted by Crippen LogP contribution is -2.42. The molecule has 1 heterocycles. The van der Waals surface area contributed by atoms with Crippen LogP contribution in [-0.4, -0.2) is 24.4 Å². The third kappa shape index (κ3) is 3.91. The Morgan fingerprint density at radius 2 is 2.14 bits per heavy atom. The van der Waals surface area contributed by atoms with Crippen molar-refractivity contribution in [2.45, 2.75) is 31.5 Å². The summed E-state index contributed by atoms with van der Waals surface area (Å²) < 4.78 is 38.2. The van der Waals surface area contributed by atoms with Crippen LogP contribution in [0, 0.1) is 0 Å². The number of hydrogen-bond donors (Lipinski definition) is 2. The Balaban J connectivity index is 1.92. The van der Waals surface area contributed by atoms with Crippen molar-refractivity contribution in [2.75, 3.05) is 6.54 Å². The monoisotopic (exact) mass is 334 g/mol. The molecule has 2 amide bonds. The van der Waals surface area contributed by atoms with Crippen LogP contribution < -0.4 is 10.6 Å². The first-order chi connectivity index (χ1) is 10.3. The fraction of sp³-hybridized carbons (Fsp3) is 0.429. The van der Waals surface area contributed by atoms with Gasteiger partial charge in [0.2, 0.25) is 11.8 Å². The molecule has 22 heavy (non-hydrogen) atoms. The number of halogens is 4. The van der Waals surface area contributed by atoms with Crippen LogP contribution in [0.5, 0.6) is 0 Å². The van der Waals surface area contributed by atoms with E-state index in [-0.39, 0.29) is 29.8 Å². The third-order valence-corrected chi connectivity index (χ3v) is 3.84. The fourth-order valence-electron chi connectivity index (χ4n) is 2.25. The Kier molecular flexibility index (Phi) is 4.95. The number of rotatable bonds is 4. The molecule has 120 valence electrons. The number of amides is 2. The van der Waals surface area contributed by atoms with E-state index < -0.39 is 17.8 Å². The van der Waals surface area contributed by atoms with Crippen molar-refractivity contribution < 1.29 is 22.8 Å². The second kappa shape index (κ2) is 6.56. The number of benzene rings is 1. The maximum Gasteiger partial charge on any atom is 0.417 e. The molecule has 0 radical (unpaired) electrons. The van der Waals surface area contributed by atoms with Gasteiger partial charge in [-0.15, -0.1) is 0 Å². The van der Waals surface area contributed by atoms with Gasteiger partial charge in [-0.1, -0.05) is 23.7 Å². The minimum atomic E-state index is -4.51. The summed E-state index contributed by atoms with van der Waals surface area (Å²) in [4.78, 5) is 22.8. The molecule has 0 saturated carbocycles. The van der Waals surface area contributed by atoms with E-state index in [9.17, 15) is 22.8 Å². The van der Waals surface area contributed by atoms with Crippen LogP contribution in [0.1, 0.15) is 24.0 Å². The zero-order valence-corrected chi connectivity index (χ0v) is 12.2. The highest BCUT2D eigenvalue weighted by Gasteiger charge is 2.33. The zero-order valence-electron chi connectivity index (χ0n) is 11.5. The summed E-state index contributed by atoms with van der Waals surface area (Å²) in [5.74, 6) is -0.518. The van der Waals surface area contributed by atoms with Crippen LogP contribution in [0.15, 0.2) is 18.2 Å². The third-order valence-electron chi connectivity index (χ3n) is 3.39. The van der Waals surface area contributed by atoms with Crippen molar-refractivity contribution in [3.05, 3.63) is 34.3 Å². The summed E-state index contributed by atoms with van der Waals surface area (Å²) in [7, 11) is 0. The number of carbonyl (C=O) groups is 2. The summed E-state index contributed by atoms with van der Waals surface area (Å²) in [5, 5.41) is 4.75. The summed E-state index contributed by atoms with van der Waals surface area (Å²) in [5.41, 5.74) is -0.576. The lowest BCUT2D eigenvalue weighted by Gasteiger charge is -2.14. The van der Waals surface area contributed by atoms with Crippen molar-refractivity contribution in [1.82, 2.24) is 10.6 Å². The molecule has 8 heteroatoms. The molecular weight excluding hydrogens is 321 g/mol. The van der Waals surface area contributed by atoms with Gasteiger partial charge >= 0.3 is 6.18 Å². The number of nitrogens with one attached hydrogen (secondary N) is 2. The van der Waals surface area contributed by atoms with Crippen LogP contribution in [0.25, 0.3) is 0 Å². The Hall–Kier alpha value is -1.76. The van der Waals surface area contributed by atoms with Crippen molar-refractivity contribution in [2.24, 2.45) is 0 Å². The van der Waals surface area contributed by atoms with Gasteiger partial charge in [0.05, 0.1) is 10.6 Å². The number of alkyl halides is 3. The van der Waals surface area contributed by atoms with Crippen LogP contribution in [-0.2, 0) is 22.2 Å². The molecule has 1 saturated heterocycles. The first-order valence-electron chi connectivity index (χ1n) is 6.70. The molecule has 1 aliphatic rings. The predicted octanol–water partition coefficient (Wildman–Crippen LogP) is 2.30. The average molecular weight is 335 g/mol. The maximum atomic E-state index is 12.7. The first kappa shape index (κ1) is 16.6. The topological polar surface area (TPSA) is 58.2 Å². The van der Waals surface area contributed by atoms with E-state index in [4.69, 9.17) is 11.6 Å². The van der Waals surface area contributed by atoms with Crippen LogP contribution in [0.2, 0.25) is 5.02 Å². The van der Waals surface area contributed by atoms with Gasteiger partial charge in [-0.05, 0) is 24.5 Å². The Morgan fingerprint density at radius 3 is 2.73 bits per heavy atom. The Bertz CT molecular complexity index is 590. The standard InChI is InChI=1S/C14H14ClF3N2O2/c15-12-8(2-1-3-9(12)14(16,17)18)6-7-19-13(22)10-4-5-11(21)20-10/h1-3,10H,4-7H2,(H,19,22)(H,20,21). The van der Waals surface area contributed by atoms with E-state index in [2.05, 4.69) is 10.6 Å². The van der Waals surface area contributed by atoms with Gasteiger partial charge in [0.1, 0.15) is 6.04 Å². The molecule has 1 aromatic carbocycles. The van der Waals surface area contributed by atoms with E-state index in [1.807, 2.05) is 0 Å². The van der Waals surface area contributed by atoms with Crippen molar-refractivity contribution in [3.8, 4) is 0 Å². The quantitative estimate of drug-likeness (QED) is 0.887. The highest BCUT2D eigenvalue weighted by atomic mass is 35.5. The molecule has 1 aromatic rings. The number of carbonyl (C=O) groups excluding carboxylic acids is 2. The van der Waals surface area contributed by atoms with E-state index in [1.54, 1.807) is 0 Å². The molecule has 2 rings (SSSR count). The SMILES string of the molecule is O=C1CCC(C(=O)NCCc2cccc(C(F)(F)F)c2Cl)N1. The molecule has 0 bridgehead atoms. The van der Waals surface area contributed by atoms with Crippen molar-refractivity contribution in [3.63, 3.8) is 0 Å². The predicted molar refractivity (Wildman–Crippen MR) is 74.3 cm³/mol. The van der Waals surface area contributed by atoms with Crippen LogP contribution in [0.4, 0.5) is 13.2 Å². The molecule has 1 unspecified atom stereocenters. The smallest absolute Gasteiger partial charge is 0.354 e. The van der Waals surface area contributed by atoms with Gasteiger partial charge in [0.15, 0.2) is 0 Å². The van der Waals surface area contributed by atoms with Crippen molar-refractivity contribution >= 4 is 23.4 Å².